The normalized spacial score (nSPS) is 15.2. The van der Waals surface area contributed by atoms with E-state index in [9.17, 15) is 14.4 Å². The minimum absolute atomic E-state index is 0.133. The lowest BCUT2D eigenvalue weighted by atomic mass is 9.99. The molecule has 0 aromatic heterocycles. The van der Waals surface area contributed by atoms with Gasteiger partial charge in [-0.25, -0.2) is 9.80 Å². The van der Waals surface area contributed by atoms with Gasteiger partial charge < -0.3 is 4.74 Å². The number of nitrogens with zero attached hydrogens (tertiary/aromatic N) is 2. The molecule has 3 rings (SSSR count). The lowest BCUT2D eigenvalue weighted by Crippen LogP contribution is -2.33. The molecule has 26 heavy (non-hydrogen) atoms. The average molecular weight is 350 g/mol. The van der Waals surface area contributed by atoms with Crippen LogP contribution in [0.3, 0.4) is 0 Å². The van der Waals surface area contributed by atoms with Gasteiger partial charge >= 0.3 is 5.97 Å². The van der Waals surface area contributed by atoms with E-state index in [-0.39, 0.29) is 30.2 Å². The van der Waals surface area contributed by atoms with Crippen LogP contribution in [0.5, 0.6) is 0 Å². The van der Waals surface area contributed by atoms with Crippen LogP contribution in [0.15, 0.2) is 65.8 Å². The van der Waals surface area contributed by atoms with Crippen molar-refractivity contribution in [3.8, 4) is 0 Å². The SMILES string of the molecule is CN1N=C(C(=O)OC(C(=O)c2ccccc2)c2ccccc2)CCC1=O. The minimum atomic E-state index is -1.07. The molecule has 0 saturated carbocycles. The number of carbonyl (C=O) groups is 3. The van der Waals surface area contributed by atoms with E-state index in [1.165, 1.54) is 7.05 Å². The predicted molar refractivity (Wildman–Crippen MR) is 95.5 cm³/mol. The molecule has 6 nitrogen and oxygen atoms in total. The van der Waals surface area contributed by atoms with E-state index < -0.39 is 12.1 Å². The maximum atomic E-state index is 12.9. The Morgan fingerprint density at radius 1 is 1.00 bits per heavy atom. The quantitative estimate of drug-likeness (QED) is 0.614. The molecule has 6 heteroatoms. The van der Waals surface area contributed by atoms with Crippen LogP contribution in [-0.2, 0) is 14.3 Å². The van der Waals surface area contributed by atoms with E-state index in [0.29, 0.717) is 11.1 Å². The van der Waals surface area contributed by atoms with E-state index >= 15 is 0 Å². The maximum Gasteiger partial charge on any atom is 0.355 e. The van der Waals surface area contributed by atoms with Crippen LogP contribution in [-0.4, -0.2) is 35.4 Å². The Labute approximate surface area is 151 Å². The van der Waals surface area contributed by atoms with Gasteiger partial charge in [-0.2, -0.15) is 5.10 Å². The van der Waals surface area contributed by atoms with E-state index in [4.69, 9.17) is 4.74 Å². The molecule has 0 bridgehead atoms. The summed E-state index contributed by atoms with van der Waals surface area (Å²) in [6.07, 6.45) is -0.687. The second kappa shape index (κ2) is 7.74. The van der Waals surface area contributed by atoms with E-state index in [1.54, 1.807) is 48.5 Å². The molecule has 1 unspecified atom stereocenters. The Balaban J connectivity index is 1.87. The van der Waals surface area contributed by atoms with Gasteiger partial charge in [0.1, 0.15) is 5.71 Å². The molecule has 2 aromatic rings. The predicted octanol–water partition coefficient (Wildman–Crippen LogP) is 2.76. The molecular weight excluding hydrogens is 332 g/mol. The molecule has 0 fully saturated rings. The summed E-state index contributed by atoms with van der Waals surface area (Å²) in [6, 6.07) is 17.5. The number of benzene rings is 2. The Kier molecular flexibility index (Phi) is 5.22. The molecule has 0 spiro atoms. The molecule has 1 aliphatic rings. The fourth-order valence-corrected chi connectivity index (χ4v) is 2.65. The van der Waals surface area contributed by atoms with Crippen LogP contribution in [0.1, 0.15) is 34.9 Å². The fraction of sp³-hybridized carbons (Fsp3) is 0.200. The lowest BCUT2D eigenvalue weighted by molar-refractivity contribution is -0.139. The van der Waals surface area contributed by atoms with Gasteiger partial charge in [-0.05, 0) is 0 Å². The lowest BCUT2D eigenvalue weighted by Gasteiger charge is -2.21. The van der Waals surface area contributed by atoms with Crippen molar-refractivity contribution in [1.29, 1.82) is 0 Å². The Morgan fingerprint density at radius 3 is 2.23 bits per heavy atom. The zero-order valence-electron chi connectivity index (χ0n) is 14.3. The summed E-state index contributed by atoms with van der Waals surface area (Å²) >= 11 is 0. The molecule has 0 aliphatic carbocycles. The smallest absolute Gasteiger partial charge is 0.355 e. The molecule has 2 aromatic carbocycles. The van der Waals surface area contributed by atoms with Crippen molar-refractivity contribution < 1.29 is 19.1 Å². The van der Waals surface area contributed by atoms with Crippen molar-refractivity contribution in [3.05, 3.63) is 71.8 Å². The van der Waals surface area contributed by atoms with Gasteiger partial charge in [0.15, 0.2) is 6.10 Å². The number of ether oxygens (including phenoxy) is 1. The second-order valence-corrected chi connectivity index (χ2v) is 5.89. The molecule has 1 heterocycles. The molecule has 132 valence electrons. The van der Waals surface area contributed by atoms with Crippen LogP contribution < -0.4 is 0 Å². The number of Topliss-reactive ketones (excluding diaryl/α,β-unsaturated/α-hetero) is 1. The van der Waals surface area contributed by atoms with Gasteiger partial charge in [0.05, 0.1) is 0 Å². The highest BCUT2D eigenvalue weighted by Gasteiger charge is 2.30. The molecule has 0 N–H and O–H groups in total. The van der Waals surface area contributed by atoms with Crippen molar-refractivity contribution in [2.45, 2.75) is 18.9 Å². The standard InChI is InChI=1S/C20H18N2O4/c1-22-17(23)13-12-16(21-22)20(25)26-19(15-10-6-3-7-11-15)18(24)14-8-4-2-5-9-14/h2-11,19H,12-13H2,1H3. The van der Waals surface area contributed by atoms with Crippen LogP contribution in [0.25, 0.3) is 0 Å². The largest absolute Gasteiger partial charge is 0.444 e. The van der Waals surface area contributed by atoms with Crippen molar-refractivity contribution in [2.75, 3.05) is 7.05 Å². The van der Waals surface area contributed by atoms with Gasteiger partial charge in [0, 0.05) is 31.0 Å². The summed E-state index contributed by atoms with van der Waals surface area (Å²) in [6.45, 7) is 0. The Hall–Kier alpha value is -3.28. The third-order valence-corrected chi connectivity index (χ3v) is 4.07. The van der Waals surface area contributed by atoms with E-state index in [2.05, 4.69) is 5.10 Å². The number of amides is 1. The zero-order chi connectivity index (χ0) is 18.5. The second-order valence-electron chi connectivity index (χ2n) is 5.89. The summed E-state index contributed by atoms with van der Waals surface area (Å²) in [5.74, 6) is -1.17. The number of ketones is 1. The van der Waals surface area contributed by atoms with Crippen molar-refractivity contribution >= 4 is 23.4 Å². The van der Waals surface area contributed by atoms with Gasteiger partial charge in [-0.3, -0.25) is 9.59 Å². The number of hydrazone groups is 1. The molecule has 1 aliphatic heterocycles. The highest BCUT2D eigenvalue weighted by atomic mass is 16.5. The van der Waals surface area contributed by atoms with Gasteiger partial charge in [0.25, 0.3) is 0 Å². The number of hydrogen-bond donors (Lipinski definition) is 0. The van der Waals surface area contributed by atoms with Crippen LogP contribution in [0.4, 0.5) is 0 Å². The Morgan fingerprint density at radius 2 is 1.62 bits per heavy atom. The molecule has 1 atom stereocenters. The summed E-state index contributed by atoms with van der Waals surface area (Å²) in [4.78, 5) is 36.9. The van der Waals surface area contributed by atoms with Crippen molar-refractivity contribution in [3.63, 3.8) is 0 Å². The third-order valence-electron chi connectivity index (χ3n) is 4.07. The molecule has 1 amide bonds. The fourth-order valence-electron chi connectivity index (χ4n) is 2.65. The molecular formula is C20H18N2O4. The maximum absolute atomic E-state index is 12.9. The monoisotopic (exact) mass is 350 g/mol. The topological polar surface area (TPSA) is 76.0 Å². The van der Waals surface area contributed by atoms with Gasteiger partial charge in [0.2, 0.25) is 11.7 Å². The average Bonchev–Trinajstić information content (AvgIpc) is 2.69. The zero-order valence-corrected chi connectivity index (χ0v) is 14.3. The molecule has 0 saturated heterocycles. The summed E-state index contributed by atoms with van der Waals surface area (Å²) < 4.78 is 5.52. The van der Waals surface area contributed by atoms with Gasteiger partial charge in [-0.15, -0.1) is 0 Å². The van der Waals surface area contributed by atoms with Crippen LogP contribution in [0.2, 0.25) is 0 Å². The highest BCUT2D eigenvalue weighted by Crippen LogP contribution is 2.23. The molecule has 0 radical (unpaired) electrons. The number of carbonyl (C=O) groups excluding carboxylic acids is 3. The number of hydrogen-bond acceptors (Lipinski definition) is 5. The first kappa shape index (κ1) is 17.5. The number of rotatable bonds is 5. The highest BCUT2D eigenvalue weighted by molar-refractivity contribution is 6.37. The van der Waals surface area contributed by atoms with E-state index in [1.807, 2.05) is 12.1 Å². The summed E-state index contributed by atoms with van der Waals surface area (Å²) in [7, 11) is 1.48. The third kappa shape index (κ3) is 3.85. The van der Waals surface area contributed by atoms with E-state index in [0.717, 1.165) is 5.01 Å². The summed E-state index contributed by atoms with van der Waals surface area (Å²) in [5.41, 5.74) is 1.16. The van der Waals surface area contributed by atoms with Crippen molar-refractivity contribution in [2.24, 2.45) is 5.10 Å². The first-order valence-electron chi connectivity index (χ1n) is 8.25. The van der Waals surface area contributed by atoms with Gasteiger partial charge in [-0.1, -0.05) is 60.7 Å². The summed E-state index contributed by atoms with van der Waals surface area (Å²) in [5, 5.41) is 5.08. The van der Waals surface area contributed by atoms with Crippen LogP contribution >= 0.6 is 0 Å². The first-order valence-corrected chi connectivity index (χ1v) is 8.25. The number of esters is 1. The van der Waals surface area contributed by atoms with Crippen LogP contribution in [0, 0.1) is 0 Å². The Bertz CT molecular complexity index is 847. The minimum Gasteiger partial charge on any atom is -0.444 e. The first-order chi connectivity index (χ1) is 12.6. The van der Waals surface area contributed by atoms with Crippen molar-refractivity contribution in [1.82, 2.24) is 5.01 Å².